The van der Waals surface area contributed by atoms with Crippen LogP contribution in [0.1, 0.15) is 22.3 Å². The SMILES string of the molecule is Cc1c(C)c(C)c2c(Br)c3ccccc3c(Br)c2c1C. The first kappa shape index (κ1) is 14.1. The topological polar surface area (TPSA) is 0 Å². The summed E-state index contributed by atoms with van der Waals surface area (Å²) in [6, 6.07) is 8.53. The summed E-state index contributed by atoms with van der Waals surface area (Å²) >= 11 is 7.68. The lowest BCUT2D eigenvalue weighted by atomic mass is 9.90. The van der Waals surface area contributed by atoms with Gasteiger partial charge in [0.25, 0.3) is 0 Å². The van der Waals surface area contributed by atoms with Gasteiger partial charge in [-0.25, -0.2) is 0 Å². The van der Waals surface area contributed by atoms with E-state index in [1.165, 1.54) is 52.7 Å². The molecule has 0 fully saturated rings. The molecule has 0 bridgehead atoms. The van der Waals surface area contributed by atoms with Crippen molar-refractivity contribution in [2.45, 2.75) is 27.7 Å². The molecule has 0 atom stereocenters. The first-order valence-electron chi connectivity index (χ1n) is 6.71. The van der Waals surface area contributed by atoms with Crippen LogP contribution in [0, 0.1) is 27.7 Å². The molecular weight excluding hydrogens is 376 g/mol. The predicted molar refractivity (Wildman–Crippen MR) is 95.8 cm³/mol. The van der Waals surface area contributed by atoms with Crippen molar-refractivity contribution >= 4 is 53.4 Å². The molecule has 20 heavy (non-hydrogen) atoms. The lowest BCUT2D eigenvalue weighted by molar-refractivity contribution is 1.25. The fourth-order valence-corrected chi connectivity index (χ4v) is 4.68. The Kier molecular flexibility index (Phi) is 3.42. The van der Waals surface area contributed by atoms with Crippen LogP contribution in [0.15, 0.2) is 33.2 Å². The van der Waals surface area contributed by atoms with Crippen LogP contribution in [0.25, 0.3) is 21.5 Å². The number of aryl methyl sites for hydroxylation is 2. The van der Waals surface area contributed by atoms with Gasteiger partial charge in [0, 0.05) is 19.7 Å². The van der Waals surface area contributed by atoms with Crippen LogP contribution < -0.4 is 0 Å². The summed E-state index contributed by atoms with van der Waals surface area (Å²) in [6.07, 6.45) is 0. The van der Waals surface area contributed by atoms with Crippen LogP contribution in [0.3, 0.4) is 0 Å². The van der Waals surface area contributed by atoms with Crippen molar-refractivity contribution in [3.8, 4) is 0 Å². The van der Waals surface area contributed by atoms with Gasteiger partial charge in [0.1, 0.15) is 0 Å². The number of fused-ring (bicyclic) bond motifs is 2. The van der Waals surface area contributed by atoms with Crippen molar-refractivity contribution in [2.24, 2.45) is 0 Å². The minimum atomic E-state index is 1.20. The molecule has 2 heteroatoms. The van der Waals surface area contributed by atoms with Crippen molar-refractivity contribution < 1.29 is 0 Å². The molecule has 0 spiro atoms. The highest BCUT2D eigenvalue weighted by Gasteiger charge is 2.17. The van der Waals surface area contributed by atoms with E-state index in [4.69, 9.17) is 0 Å². The highest BCUT2D eigenvalue weighted by Crippen LogP contribution is 2.43. The molecule has 0 heterocycles. The maximum Gasteiger partial charge on any atom is 0.0335 e. The van der Waals surface area contributed by atoms with Crippen LogP contribution >= 0.6 is 31.9 Å². The molecule has 0 saturated heterocycles. The van der Waals surface area contributed by atoms with Gasteiger partial charge in [-0.1, -0.05) is 24.3 Å². The molecule has 0 unspecified atom stereocenters. The molecule has 0 N–H and O–H groups in total. The molecule has 3 aromatic rings. The molecule has 0 saturated carbocycles. The number of halogens is 2. The maximum absolute atomic E-state index is 3.84. The summed E-state index contributed by atoms with van der Waals surface area (Å²) in [6.45, 7) is 8.87. The number of hydrogen-bond donors (Lipinski definition) is 0. The van der Waals surface area contributed by atoms with E-state index in [1.54, 1.807) is 0 Å². The molecule has 0 nitrogen and oxygen atoms in total. The van der Waals surface area contributed by atoms with Gasteiger partial charge in [0.05, 0.1) is 0 Å². The Balaban J connectivity index is 2.74. The van der Waals surface area contributed by atoms with E-state index >= 15 is 0 Å². The number of hydrogen-bond acceptors (Lipinski definition) is 0. The van der Waals surface area contributed by atoms with Gasteiger partial charge < -0.3 is 0 Å². The van der Waals surface area contributed by atoms with Crippen molar-refractivity contribution in [3.63, 3.8) is 0 Å². The number of benzene rings is 3. The van der Waals surface area contributed by atoms with Gasteiger partial charge >= 0.3 is 0 Å². The van der Waals surface area contributed by atoms with Crippen LogP contribution in [0.5, 0.6) is 0 Å². The van der Waals surface area contributed by atoms with Gasteiger partial charge in [0.15, 0.2) is 0 Å². The molecule has 0 aliphatic heterocycles. The second-order valence-electron chi connectivity index (χ2n) is 5.42. The van der Waals surface area contributed by atoms with E-state index in [1.807, 2.05) is 0 Å². The molecule has 0 aliphatic rings. The Labute approximate surface area is 136 Å². The molecule has 102 valence electrons. The minimum Gasteiger partial charge on any atom is -0.0616 e. The zero-order chi connectivity index (χ0) is 14.6. The molecule has 3 aromatic carbocycles. The summed E-state index contributed by atoms with van der Waals surface area (Å²) in [5.41, 5.74) is 5.50. The largest absolute Gasteiger partial charge is 0.0616 e. The van der Waals surface area contributed by atoms with E-state index in [0.717, 1.165) is 0 Å². The first-order valence-corrected chi connectivity index (χ1v) is 8.29. The molecule has 0 aliphatic carbocycles. The third-order valence-electron chi connectivity index (χ3n) is 4.53. The fourth-order valence-electron chi connectivity index (χ4n) is 3.00. The summed E-state index contributed by atoms with van der Waals surface area (Å²) in [5, 5.41) is 5.18. The van der Waals surface area contributed by atoms with E-state index in [2.05, 4.69) is 83.8 Å². The van der Waals surface area contributed by atoms with Crippen molar-refractivity contribution in [3.05, 3.63) is 55.5 Å². The molecule has 0 aromatic heterocycles. The Bertz CT molecular complexity index is 789. The van der Waals surface area contributed by atoms with E-state index in [9.17, 15) is 0 Å². The summed E-state index contributed by atoms with van der Waals surface area (Å²) in [7, 11) is 0. The molecular formula is C18H16Br2. The van der Waals surface area contributed by atoms with E-state index in [-0.39, 0.29) is 0 Å². The van der Waals surface area contributed by atoms with Crippen LogP contribution in [0.2, 0.25) is 0 Å². The number of rotatable bonds is 0. The molecule has 3 rings (SSSR count). The third kappa shape index (κ3) is 1.78. The second kappa shape index (κ2) is 4.85. The Morgan fingerprint density at radius 1 is 0.600 bits per heavy atom. The average Bonchev–Trinajstić information content (AvgIpc) is 2.46. The van der Waals surface area contributed by atoms with Crippen molar-refractivity contribution in [2.75, 3.05) is 0 Å². The minimum absolute atomic E-state index is 1.20. The lowest BCUT2D eigenvalue weighted by Crippen LogP contribution is -1.96. The van der Waals surface area contributed by atoms with Gasteiger partial charge in [-0.15, -0.1) is 0 Å². The predicted octanol–water partition coefficient (Wildman–Crippen LogP) is 6.75. The van der Waals surface area contributed by atoms with Gasteiger partial charge in [-0.3, -0.25) is 0 Å². The Hall–Kier alpha value is -0.860. The smallest absolute Gasteiger partial charge is 0.0335 e. The normalized spacial score (nSPS) is 11.5. The fraction of sp³-hybridized carbons (Fsp3) is 0.222. The van der Waals surface area contributed by atoms with Crippen LogP contribution in [0.4, 0.5) is 0 Å². The van der Waals surface area contributed by atoms with Crippen LogP contribution in [-0.4, -0.2) is 0 Å². The van der Waals surface area contributed by atoms with Gasteiger partial charge in [-0.05, 0) is 92.6 Å². The van der Waals surface area contributed by atoms with Crippen molar-refractivity contribution in [1.82, 2.24) is 0 Å². The van der Waals surface area contributed by atoms with Crippen molar-refractivity contribution in [1.29, 1.82) is 0 Å². The third-order valence-corrected chi connectivity index (χ3v) is 6.17. The van der Waals surface area contributed by atoms with Crippen LogP contribution in [-0.2, 0) is 0 Å². The first-order chi connectivity index (χ1) is 9.45. The average molecular weight is 392 g/mol. The Morgan fingerprint density at radius 2 is 0.950 bits per heavy atom. The summed E-state index contributed by atoms with van der Waals surface area (Å²) in [4.78, 5) is 0. The Morgan fingerprint density at radius 3 is 1.30 bits per heavy atom. The maximum atomic E-state index is 3.84. The second-order valence-corrected chi connectivity index (χ2v) is 7.01. The monoisotopic (exact) mass is 390 g/mol. The summed E-state index contributed by atoms with van der Waals surface area (Å²) < 4.78 is 2.41. The lowest BCUT2D eigenvalue weighted by Gasteiger charge is -2.18. The highest BCUT2D eigenvalue weighted by molar-refractivity contribution is 9.11. The van der Waals surface area contributed by atoms with Gasteiger partial charge in [0.2, 0.25) is 0 Å². The molecule has 0 radical (unpaired) electrons. The summed E-state index contributed by atoms with van der Waals surface area (Å²) in [5.74, 6) is 0. The quantitative estimate of drug-likeness (QED) is 0.371. The van der Waals surface area contributed by atoms with Gasteiger partial charge in [-0.2, -0.15) is 0 Å². The zero-order valence-electron chi connectivity index (χ0n) is 12.1. The van der Waals surface area contributed by atoms with E-state index in [0.29, 0.717) is 0 Å². The zero-order valence-corrected chi connectivity index (χ0v) is 15.2. The molecule has 0 amide bonds. The highest BCUT2D eigenvalue weighted by atomic mass is 79.9. The standard InChI is InChI=1S/C18H16Br2/c1-9-10(2)12(4)16-15(11(9)3)17(19)13-7-5-6-8-14(13)18(16)20/h5-8H,1-4H3. The van der Waals surface area contributed by atoms with E-state index < -0.39 is 0 Å².